The number of esters is 1. The number of quaternary nitrogens is 1. The van der Waals surface area contributed by atoms with E-state index in [1.54, 1.807) is 6.07 Å². The van der Waals surface area contributed by atoms with Crippen LogP contribution in [0.4, 0.5) is 0 Å². The molecule has 0 radical (unpaired) electrons. The highest BCUT2D eigenvalue weighted by Crippen LogP contribution is 2.19. The molecule has 0 amide bonds. The van der Waals surface area contributed by atoms with Crippen molar-refractivity contribution in [3.8, 4) is 0 Å². The Labute approximate surface area is 124 Å². The topological polar surface area (TPSA) is 43.9 Å². The van der Waals surface area contributed by atoms with Gasteiger partial charge in [-0.1, -0.05) is 18.2 Å². The minimum Gasteiger partial charge on any atom is -0.451 e. The monoisotopic (exact) mass is 288 g/mol. The third kappa shape index (κ3) is 3.45. The quantitative estimate of drug-likeness (QED) is 0.876. The number of piperidine rings is 1. The number of carbonyl (C=O) groups excluding carboxylic acids is 1. The number of carbonyl (C=O) groups is 1. The Balaban J connectivity index is 1.59. The average Bonchev–Trinajstić information content (AvgIpc) is 2.92. The Morgan fingerprint density at radius 2 is 2.05 bits per heavy atom. The number of hydrogen-bond acceptors (Lipinski definition) is 3. The summed E-state index contributed by atoms with van der Waals surface area (Å²) < 4.78 is 11.1. The fourth-order valence-corrected chi connectivity index (χ4v) is 3.03. The highest BCUT2D eigenvalue weighted by atomic mass is 16.6. The van der Waals surface area contributed by atoms with E-state index in [9.17, 15) is 4.79 Å². The Kier molecular flexibility index (Phi) is 4.25. The van der Waals surface area contributed by atoms with Crippen LogP contribution >= 0.6 is 0 Å². The molecule has 1 saturated heterocycles. The predicted molar refractivity (Wildman–Crippen MR) is 80.5 cm³/mol. The summed E-state index contributed by atoms with van der Waals surface area (Å²) in [5, 5.41) is 0.929. The Bertz CT molecular complexity index is 580. The predicted octanol–water partition coefficient (Wildman–Crippen LogP) is 2.05. The van der Waals surface area contributed by atoms with Crippen LogP contribution in [0.15, 0.2) is 34.7 Å². The molecule has 0 spiro atoms. The first-order valence-electron chi connectivity index (χ1n) is 7.75. The maximum absolute atomic E-state index is 12.1. The molecular formula is C17H22NO3+. The van der Waals surface area contributed by atoms with E-state index in [4.69, 9.17) is 9.15 Å². The van der Waals surface area contributed by atoms with Crippen LogP contribution in [0, 0.1) is 0 Å². The SMILES string of the molecule is C[C@@H](C[NH+]1CCCCC1)OC(=O)c1cc2ccccc2o1. The van der Waals surface area contributed by atoms with Gasteiger partial charge in [0.2, 0.25) is 5.76 Å². The van der Waals surface area contributed by atoms with Crippen LogP contribution in [0.25, 0.3) is 11.0 Å². The number of hydrogen-bond donors (Lipinski definition) is 1. The smallest absolute Gasteiger partial charge is 0.374 e. The number of rotatable bonds is 4. The highest BCUT2D eigenvalue weighted by Gasteiger charge is 2.21. The Morgan fingerprint density at radius 3 is 2.81 bits per heavy atom. The van der Waals surface area contributed by atoms with Gasteiger partial charge in [0.15, 0.2) is 0 Å². The molecule has 2 heterocycles. The molecule has 1 fully saturated rings. The van der Waals surface area contributed by atoms with E-state index < -0.39 is 0 Å². The molecule has 4 nitrogen and oxygen atoms in total. The summed E-state index contributed by atoms with van der Waals surface area (Å²) in [5.41, 5.74) is 0.721. The molecule has 1 aliphatic rings. The minimum absolute atomic E-state index is 0.0844. The molecule has 1 N–H and O–H groups in total. The van der Waals surface area contributed by atoms with Crippen molar-refractivity contribution >= 4 is 16.9 Å². The second kappa shape index (κ2) is 6.31. The lowest BCUT2D eigenvalue weighted by Crippen LogP contribution is -3.13. The zero-order valence-corrected chi connectivity index (χ0v) is 12.4. The zero-order valence-electron chi connectivity index (χ0n) is 12.4. The van der Waals surface area contributed by atoms with Gasteiger partial charge in [-0.15, -0.1) is 0 Å². The van der Waals surface area contributed by atoms with Gasteiger partial charge >= 0.3 is 5.97 Å². The van der Waals surface area contributed by atoms with Crippen molar-refractivity contribution in [3.05, 3.63) is 36.1 Å². The maximum Gasteiger partial charge on any atom is 0.374 e. The van der Waals surface area contributed by atoms with Crippen LogP contribution in [0.1, 0.15) is 36.7 Å². The summed E-state index contributed by atoms with van der Waals surface area (Å²) >= 11 is 0. The Morgan fingerprint density at radius 1 is 1.29 bits per heavy atom. The van der Waals surface area contributed by atoms with Crippen LogP contribution < -0.4 is 4.90 Å². The van der Waals surface area contributed by atoms with Crippen molar-refractivity contribution in [1.82, 2.24) is 0 Å². The van der Waals surface area contributed by atoms with E-state index in [1.165, 1.54) is 37.3 Å². The third-order valence-corrected chi connectivity index (χ3v) is 4.07. The summed E-state index contributed by atoms with van der Waals surface area (Å²) in [6.07, 6.45) is 3.80. The van der Waals surface area contributed by atoms with Crippen molar-refractivity contribution < 1.29 is 18.8 Å². The summed E-state index contributed by atoms with van der Waals surface area (Å²) in [7, 11) is 0. The number of para-hydroxylation sites is 1. The second-order valence-electron chi connectivity index (χ2n) is 5.88. The number of ether oxygens (including phenoxy) is 1. The lowest BCUT2D eigenvalue weighted by molar-refractivity contribution is -0.907. The minimum atomic E-state index is -0.366. The number of nitrogens with one attached hydrogen (secondary N) is 1. The first-order valence-corrected chi connectivity index (χ1v) is 7.75. The van der Waals surface area contributed by atoms with Crippen LogP contribution in [0.3, 0.4) is 0 Å². The molecule has 1 aromatic carbocycles. The van der Waals surface area contributed by atoms with Crippen LogP contribution in [-0.4, -0.2) is 31.7 Å². The first kappa shape index (κ1) is 14.1. The molecule has 1 aliphatic heterocycles. The van der Waals surface area contributed by atoms with Gasteiger partial charge in [-0.2, -0.15) is 0 Å². The van der Waals surface area contributed by atoms with Gasteiger partial charge in [0.05, 0.1) is 13.1 Å². The van der Waals surface area contributed by atoms with Gasteiger partial charge in [-0.05, 0) is 38.3 Å². The molecule has 112 valence electrons. The van der Waals surface area contributed by atoms with Crippen LogP contribution in [-0.2, 0) is 4.74 Å². The number of likely N-dealkylation sites (tertiary alicyclic amines) is 1. The molecule has 0 aliphatic carbocycles. The van der Waals surface area contributed by atoms with E-state index in [0.29, 0.717) is 0 Å². The molecule has 1 aromatic heterocycles. The van der Waals surface area contributed by atoms with Crippen LogP contribution in [0.5, 0.6) is 0 Å². The third-order valence-electron chi connectivity index (χ3n) is 4.07. The van der Waals surface area contributed by atoms with Gasteiger partial charge in [-0.25, -0.2) is 4.79 Å². The fourth-order valence-electron chi connectivity index (χ4n) is 3.03. The fraction of sp³-hybridized carbons (Fsp3) is 0.471. The average molecular weight is 288 g/mol. The maximum atomic E-state index is 12.1. The molecule has 2 aromatic rings. The van der Waals surface area contributed by atoms with Crippen molar-refractivity contribution in [1.29, 1.82) is 0 Å². The van der Waals surface area contributed by atoms with Crippen LogP contribution in [0.2, 0.25) is 0 Å². The van der Waals surface area contributed by atoms with Crippen molar-refractivity contribution in [2.75, 3.05) is 19.6 Å². The first-order chi connectivity index (χ1) is 10.2. The largest absolute Gasteiger partial charge is 0.451 e. The van der Waals surface area contributed by atoms with E-state index in [1.807, 2.05) is 31.2 Å². The van der Waals surface area contributed by atoms with E-state index in [0.717, 1.165) is 17.5 Å². The number of furan rings is 1. The summed E-state index contributed by atoms with van der Waals surface area (Å²) in [6.45, 7) is 5.22. The van der Waals surface area contributed by atoms with Gasteiger partial charge in [0, 0.05) is 5.39 Å². The molecule has 21 heavy (non-hydrogen) atoms. The summed E-state index contributed by atoms with van der Waals surface area (Å²) in [6, 6.07) is 9.35. The van der Waals surface area contributed by atoms with E-state index in [2.05, 4.69) is 0 Å². The van der Waals surface area contributed by atoms with E-state index >= 15 is 0 Å². The standard InChI is InChI=1S/C17H21NO3/c1-13(12-18-9-5-2-6-10-18)20-17(19)16-11-14-7-3-4-8-15(14)21-16/h3-4,7-8,11,13H,2,5-6,9-10,12H2,1H3/p+1/t13-/m0/s1. The van der Waals surface area contributed by atoms with Gasteiger partial charge in [-0.3, -0.25) is 0 Å². The molecule has 4 heteroatoms. The highest BCUT2D eigenvalue weighted by molar-refractivity contribution is 5.92. The number of benzene rings is 1. The Hall–Kier alpha value is -1.81. The molecule has 0 saturated carbocycles. The summed E-state index contributed by atoms with van der Waals surface area (Å²) in [4.78, 5) is 13.7. The second-order valence-corrected chi connectivity index (χ2v) is 5.88. The summed E-state index contributed by atoms with van der Waals surface area (Å²) in [5.74, 6) is -0.0770. The molecule has 0 bridgehead atoms. The van der Waals surface area contributed by atoms with Crippen molar-refractivity contribution in [3.63, 3.8) is 0 Å². The van der Waals surface area contributed by atoms with Crippen molar-refractivity contribution in [2.45, 2.75) is 32.3 Å². The lowest BCUT2D eigenvalue weighted by Gasteiger charge is -2.25. The van der Waals surface area contributed by atoms with E-state index in [-0.39, 0.29) is 17.8 Å². The molecule has 0 unspecified atom stereocenters. The van der Waals surface area contributed by atoms with Crippen molar-refractivity contribution in [2.24, 2.45) is 0 Å². The zero-order chi connectivity index (χ0) is 14.7. The molecular weight excluding hydrogens is 266 g/mol. The number of fused-ring (bicyclic) bond motifs is 1. The lowest BCUT2D eigenvalue weighted by atomic mass is 10.1. The normalized spacial score (nSPS) is 17.8. The van der Waals surface area contributed by atoms with Gasteiger partial charge in [0.1, 0.15) is 18.2 Å². The molecule has 1 atom stereocenters. The van der Waals surface area contributed by atoms with Gasteiger partial charge < -0.3 is 14.1 Å². The molecule has 3 rings (SSSR count). The van der Waals surface area contributed by atoms with Gasteiger partial charge in [0.25, 0.3) is 0 Å².